The molecule has 1 aliphatic heterocycles. The van der Waals surface area contributed by atoms with Crippen molar-refractivity contribution in [3.8, 4) is 5.88 Å². The molecule has 34 heavy (non-hydrogen) atoms. The number of aromatic nitrogens is 3. The van der Waals surface area contributed by atoms with E-state index in [1.54, 1.807) is 6.07 Å². The Bertz CT molecular complexity index is 1430. The third kappa shape index (κ3) is 3.35. The third-order valence-corrected chi connectivity index (χ3v) is 9.28. The highest BCUT2D eigenvalue weighted by atomic mass is 32.2. The number of sulfone groups is 1. The van der Waals surface area contributed by atoms with Crippen molar-refractivity contribution in [1.82, 2.24) is 20.3 Å². The number of pyridine rings is 1. The van der Waals surface area contributed by atoms with E-state index < -0.39 is 50.1 Å². The van der Waals surface area contributed by atoms with Gasteiger partial charge >= 0.3 is 0 Å². The maximum atomic E-state index is 15.0. The summed E-state index contributed by atoms with van der Waals surface area (Å²) in [5.41, 5.74) is -0.318. The second kappa shape index (κ2) is 7.55. The quantitative estimate of drug-likeness (QED) is 0.430. The van der Waals surface area contributed by atoms with Gasteiger partial charge in [0, 0.05) is 17.4 Å². The average Bonchev–Trinajstić information content (AvgIpc) is 3.60. The molecule has 0 bridgehead atoms. The maximum absolute atomic E-state index is 15.0. The van der Waals surface area contributed by atoms with Gasteiger partial charge in [-0.25, -0.2) is 32.2 Å². The highest BCUT2D eigenvalue weighted by Gasteiger charge is 2.63. The van der Waals surface area contributed by atoms with E-state index in [1.165, 1.54) is 37.5 Å². The Balaban J connectivity index is 1.52. The van der Waals surface area contributed by atoms with Gasteiger partial charge in [-0.3, -0.25) is 5.41 Å². The molecular formula is C22H22F2N6O3S. The van der Waals surface area contributed by atoms with Crippen LogP contribution in [0.5, 0.6) is 5.88 Å². The van der Waals surface area contributed by atoms with Crippen LogP contribution in [0.1, 0.15) is 25.3 Å². The van der Waals surface area contributed by atoms with Gasteiger partial charge in [-0.1, -0.05) is 0 Å². The molecule has 1 saturated heterocycles. The molecule has 0 amide bonds. The van der Waals surface area contributed by atoms with Gasteiger partial charge in [0.2, 0.25) is 5.88 Å². The summed E-state index contributed by atoms with van der Waals surface area (Å²) < 4.78 is 53.7. The van der Waals surface area contributed by atoms with Gasteiger partial charge in [-0.05, 0) is 49.9 Å². The van der Waals surface area contributed by atoms with Gasteiger partial charge < -0.3 is 15.7 Å². The van der Waals surface area contributed by atoms with Crippen LogP contribution in [0.25, 0.3) is 11.0 Å². The number of benzene rings is 1. The number of amidine groups is 1. The van der Waals surface area contributed by atoms with E-state index in [0.717, 1.165) is 0 Å². The first-order valence-electron chi connectivity index (χ1n) is 10.6. The molecule has 0 spiro atoms. The number of hydrogen-bond acceptors (Lipinski definition) is 8. The number of alkyl halides is 1. The van der Waals surface area contributed by atoms with E-state index in [1.807, 2.05) is 0 Å². The average molecular weight is 489 g/mol. The molecule has 3 aromatic rings. The molecule has 2 fully saturated rings. The summed E-state index contributed by atoms with van der Waals surface area (Å²) in [4.78, 5) is 12.3. The largest absolute Gasteiger partial charge is 0.492 e. The van der Waals surface area contributed by atoms with E-state index in [4.69, 9.17) is 5.41 Å². The Morgan fingerprint density at radius 3 is 2.74 bits per heavy atom. The molecule has 178 valence electrons. The third-order valence-electron chi connectivity index (χ3n) is 6.56. The van der Waals surface area contributed by atoms with Crippen molar-refractivity contribution in [1.29, 1.82) is 5.41 Å². The topological polar surface area (TPSA) is 141 Å². The summed E-state index contributed by atoms with van der Waals surface area (Å²) in [7, 11) is -4.10. The molecule has 5 rings (SSSR count). The lowest BCUT2D eigenvalue weighted by molar-refractivity contribution is 0.358. The SMILES string of the molecule is C[C@@]1(c2cc(Nc3nccc4nc(O)cnc34)ccc2F)CS(=O)(=O)[C@@](CF)(C2CC2)C(=N)N1. The zero-order valence-corrected chi connectivity index (χ0v) is 19.0. The van der Waals surface area contributed by atoms with Gasteiger partial charge in [0.1, 0.15) is 23.8 Å². The highest BCUT2D eigenvalue weighted by Crippen LogP contribution is 2.49. The van der Waals surface area contributed by atoms with Crippen molar-refractivity contribution >= 4 is 38.2 Å². The van der Waals surface area contributed by atoms with Crippen molar-refractivity contribution in [3.63, 3.8) is 0 Å². The zero-order chi connectivity index (χ0) is 24.3. The fraction of sp³-hybridized carbons (Fsp3) is 0.364. The molecule has 0 unspecified atom stereocenters. The van der Waals surface area contributed by atoms with Crippen LogP contribution in [0, 0.1) is 17.1 Å². The predicted molar refractivity (Wildman–Crippen MR) is 122 cm³/mol. The smallest absolute Gasteiger partial charge is 0.230 e. The Morgan fingerprint density at radius 2 is 2.06 bits per heavy atom. The molecule has 1 aliphatic carbocycles. The normalized spacial score (nSPS) is 26.3. The molecular weight excluding hydrogens is 466 g/mol. The summed E-state index contributed by atoms with van der Waals surface area (Å²) >= 11 is 0. The molecule has 12 heteroatoms. The summed E-state index contributed by atoms with van der Waals surface area (Å²) in [5.74, 6) is -2.05. The van der Waals surface area contributed by atoms with Crippen LogP contribution < -0.4 is 10.6 Å². The lowest BCUT2D eigenvalue weighted by Gasteiger charge is -2.45. The molecule has 9 nitrogen and oxygen atoms in total. The maximum Gasteiger partial charge on any atom is 0.230 e. The molecule has 2 atom stereocenters. The van der Waals surface area contributed by atoms with E-state index in [0.29, 0.717) is 35.4 Å². The first kappa shape index (κ1) is 22.4. The first-order chi connectivity index (χ1) is 16.1. The fourth-order valence-electron chi connectivity index (χ4n) is 4.68. The number of aromatic hydroxyl groups is 1. The minimum atomic E-state index is -4.10. The molecule has 2 aromatic heterocycles. The minimum absolute atomic E-state index is 0.0121. The lowest BCUT2D eigenvalue weighted by atomic mass is 9.90. The van der Waals surface area contributed by atoms with E-state index in [2.05, 4.69) is 25.6 Å². The Hall–Kier alpha value is -3.41. The summed E-state index contributed by atoms with van der Waals surface area (Å²) in [6.07, 6.45) is 3.72. The molecule has 4 N–H and O–H groups in total. The Morgan fingerprint density at radius 1 is 1.29 bits per heavy atom. The number of nitrogens with one attached hydrogen (secondary N) is 3. The van der Waals surface area contributed by atoms with Crippen molar-refractivity contribution in [2.24, 2.45) is 5.92 Å². The van der Waals surface area contributed by atoms with Crippen LogP contribution in [-0.4, -0.2) is 51.5 Å². The second-order valence-corrected chi connectivity index (χ2v) is 11.2. The van der Waals surface area contributed by atoms with E-state index >= 15 is 0 Å². The standard InChI is InChI=1S/C22H22F2N6O3S/c1-21(11-34(32,33)22(10-23,12-2-3-12)20(25)30-21)14-8-13(4-5-15(14)24)28-19-18-16(6-7-26-19)29-17(31)9-27-18/h4-9,12H,2-3,10-11H2,1H3,(H2,25,30)(H,26,28)(H,29,31)/t21-,22-/m0/s1. The van der Waals surface area contributed by atoms with Crippen molar-refractivity contribution in [2.75, 3.05) is 17.7 Å². The number of rotatable bonds is 5. The number of hydrogen-bond donors (Lipinski definition) is 4. The predicted octanol–water partition coefficient (Wildman–Crippen LogP) is 2.94. The van der Waals surface area contributed by atoms with Crippen LogP contribution in [0.2, 0.25) is 0 Å². The number of anilines is 2. The van der Waals surface area contributed by atoms with Gasteiger partial charge in [0.25, 0.3) is 0 Å². The van der Waals surface area contributed by atoms with E-state index in [9.17, 15) is 22.3 Å². The Kier molecular flexibility index (Phi) is 4.97. The summed E-state index contributed by atoms with van der Waals surface area (Å²) in [6, 6.07) is 5.64. The summed E-state index contributed by atoms with van der Waals surface area (Å²) in [6.45, 7) is 0.302. The monoisotopic (exact) mass is 488 g/mol. The van der Waals surface area contributed by atoms with Crippen molar-refractivity contribution < 1.29 is 22.3 Å². The second-order valence-electron chi connectivity index (χ2n) is 8.96. The van der Waals surface area contributed by atoms with Crippen LogP contribution >= 0.6 is 0 Å². The highest BCUT2D eigenvalue weighted by molar-refractivity contribution is 7.93. The zero-order valence-electron chi connectivity index (χ0n) is 18.1. The molecule has 3 heterocycles. The minimum Gasteiger partial charge on any atom is -0.492 e. The van der Waals surface area contributed by atoms with Crippen molar-refractivity contribution in [2.45, 2.75) is 30.1 Å². The first-order valence-corrected chi connectivity index (χ1v) is 12.3. The number of fused-ring (bicyclic) bond motifs is 1. The van der Waals surface area contributed by atoms with Crippen LogP contribution in [0.4, 0.5) is 20.3 Å². The molecule has 2 aliphatic rings. The molecule has 0 radical (unpaired) electrons. The van der Waals surface area contributed by atoms with Gasteiger partial charge in [0.05, 0.1) is 23.0 Å². The molecule has 1 aromatic carbocycles. The number of halogens is 2. The van der Waals surface area contributed by atoms with Crippen LogP contribution in [-0.2, 0) is 15.4 Å². The van der Waals surface area contributed by atoms with E-state index in [-0.39, 0.29) is 11.4 Å². The number of nitrogens with zero attached hydrogens (tertiary/aromatic N) is 3. The van der Waals surface area contributed by atoms with Crippen molar-refractivity contribution in [3.05, 3.63) is 48.0 Å². The lowest BCUT2D eigenvalue weighted by Crippen LogP contribution is -2.68. The summed E-state index contributed by atoms with van der Waals surface area (Å²) in [5, 5.41) is 23.8. The molecule has 1 saturated carbocycles. The van der Waals surface area contributed by atoms with Gasteiger partial charge in [-0.2, -0.15) is 0 Å². The van der Waals surface area contributed by atoms with Gasteiger partial charge in [0.15, 0.2) is 20.4 Å². The van der Waals surface area contributed by atoms with Crippen LogP contribution in [0.3, 0.4) is 0 Å². The fourth-order valence-corrected chi connectivity index (χ4v) is 7.20. The van der Waals surface area contributed by atoms with Crippen LogP contribution in [0.15, 0.2) is 36.7 Å². The van der Waals surface area contributed by atoms with Gasteiger partial charge in [-0.15, -0.1) is 0 Å². The Labute approximate surface area is 194 Å².